The van der Waals surface area contributed by atoms with E-state index in [0.29, 0.717) is 11.3 Å². The predicted octanol–water partition coefficient (Wildman–Crippen LogP) is 2.56. The topological polar surface area (TPSA) is 39.4 Å². The molecule has 0 aliphatic carbocycles. The van der Waals surface area contributed by atoms with Crippen LogP contribution in [-0.4, -0.2) is 7.11 Å². The number of hydrogen-bond acceptors (Lipinski definition) is 3. The summed E-state index contributed by atoms with van der Waals surface area (Å²) in [7, 11) is 1.56. The molecule has 4 heteroatoms. The normalized spacial score (nSPS) is 10.4. The SMILES string of the molecule is COc1cc2oc(=O)ccc2cc1Br. The second-order valence-electron chi connectivity index (χ2n) is 2.78. The average Bonchev–Trinajstić information content (AvgIpc) is 2.17. The molecule has 0 aliphatic rings. The van der Waals surface area contributed by atoms with Gasteiger partial charge in [0.15, 0.2) is 0 Å². The van der Waals surface area contributed by atoms with Crippen LogP contribution in [0, 0.1) is 0 Å². The summed E-state index contributed by atoms with van der Waals surface area (Å²) in [5.41, 5.74) is 0.166. The zero-order chi connectivity index (χ0) is 10.1. The number of rotatable bonds is 1. The van der Waals surface area contributed by atoms with Gasteiger partial charge in [0.2, 0.25) is 0 Å². The summed E-state index contributed by atoms with van der Waals surface area (Å²) < 4.78 is 10.9. The first-order valence-corrected chi connectivity index (χ1v) is 4.77. The number of fused-ring (bicyclic) bond motifs is 1. The first-order chi connectivity index (χ1) is 6.70. The Morgan fingerprint density at radius 3 is 2.86 bits per heavy atom. The van der Waals surface area contributed by atoms with Crippen molar-refractivity contribution in [3.8, 4) is 5.75 Å². The number of benzene rings is 1. The zero-order valence-electron chi connectivity index (χ0n) is 7.41. The molecule has 0 fully saturated rings. The zero-order valence-corrected chi connectivity index (χ0v) is 9.00. The molecule has 2 aromatic rings. The van der Waals surface area contributed by atoms with E-state index in [4.69, 9.17) is 9.15 Å². The smallest absolute Gasteiger partial charge is 0.336 e. The van der Waals surface area contributed by atoms with Crippen LogP contribution in [0.3, 0.4) is 0 Å². The molecule has 1 aromatic heterocycles. The summed E-state index contributed by atoms with van der Waals surface area (Å²) in [6, 6.07) is 6.63. The Labute approximate surface area is 88.4 Å². The highest BCUT2D eigenvalue weighted by Crippen LogP contribution is 2.29. The molecule has 0 unspecified atom stereocenters. The van der Waals surface area contributed by atoms with Crippen LogP contribution >= 0.6 is 15.9 Å². The molecule has 0 saturated carbocycles. The Morgan fingerprint density at radius 2 is 2.14 bits per heavy atom. The molecule has 1 heterocycles. The van der Waals surface area contributed by atoms with Gasteiger partial charge in [-0.1, -0.05) is 0 Å². The molecule has 0 atom stereocenters. The lowest BCUT2D eigenvalue weighted by Crippen LogP contribution is -1.94. The third-order valence-electron chi connectivity index (χ3n) is 1.89. The quantitative estimate of drug-likeness (QED) is 0.735. The van der Waals surface area contributed by atoms with Crippen LogP contribution in [-0.2, 0) is 0 Å². The van der Waals surface area contributed by atoms with Gasteiger partial charge in [0.25, 0.3) is 0 Å². The van der Waals surface area contributed by atoms with Gasteiger partial charge in [-0.25, -0.2) is 4.79 Å². The van der Waals surface area contributed by atoms with Crippen molar-refractivity contribution in [1.82, 2.24) is 0 Å². The molecule has 0 aliphatic heterocycles. The maximum absolute atomic E-state index is 10.9. The molecular weight excluding hydrogens is 248 g/mol. The molecule has 72 valence electrons. The summed E-state index contributed by atoms with van der Waals surface area (Å²) in [5, 5.41) is 0.859. The Morgan fingerprint density at radius 1 is 1.36 bits per heavy atom. The second-order valence-corrected chi connectivity index (χ2v) is 3.63. The van der Waals surface area contributed by atoms with Gasteiger partial charge >= 0.3 is 5.63 Å². The molecule has 0 radical (unpaired) electrons. The first-order valence-electron chi connectivity index (χ1n) is 3.98. The van der Waals surface area contributed by atoms with Gasteiger partial charge in [0.1, 0.15) is 11.3 Å². The van der Waals surface area contributed by atoms with Crippen LogP contribution in [0.2, 0.25) is 0 Å². The Kier molecular flexibility index (Phi) is 2.29. The first kappa shape index (κ1) is 9.27. The van der Waals surface area contributed by atoms with Crippen molar-refractivity contribution in [3.05, 3.63) is 39.2 Å². The van der Waals surface area contributed by atoms with Crippen molar-refractivity contribution in [3.63, 3.8) is 0 Å². The fraction of sp³-hybridized carbons (Fsp3) is 0.100. The average molecular weight is 255 g/mol. The highest BCUT2D eigenvalue weighted by atomic mass is 79.9. The number of methoxy groups -OCH3 is 1. The second kappa shape index (κ2) is 3.46. The molecule has 0 saturated heterocycles. The third-order valence-corrected chi connectivity index (χ3v) is 2.51. The minimum absolute atomic E-state index is 0.359. The van der Waals surface area contributed by atoms with E-state index in [2.05, 4.69) is 15.9 Å². The van der Waals surface area contributed by atoms with E-state index in [9.17, 15) is 4.79 Å². The molecule has 1 aromatic carbocycles. The van der Waals surface area contributed by atoms with Crippen molar-refractivity contribution < 1.29 is 9.15 Å². The maximum Gasteiger partial charge on any atom is 0.336 e. The van der Waals surface area contributed by atoms with Crippen molar-refractivity contribution >= 4 is 26.9 Å². The lowest BCUT2D eigenvalue weighted by molar-refractivity contribution is 0.411. The third kappa shape index (κ3) is 1.53. The van der Waals surface area contributed by atoms with Crippen LogP contribution in [0.5, 0.6) is 5.75 Å². The highest BCUT2D eigenvalue weighted by molar-refractivity contribution is 9.10. The summed E-state index contributed by atoms with van der Waals surface area (Å²) in [6.45, 7) is 0. The summed E-state index contributed by atoms with van der Waals surface area (Å²) >= 11 is 3.35. The lowest BCUT2D eigenvalue weighted by Gasteiger charge is -2.03. The van der Waals surface area contributed by atoms with E-state index in [0.717, 1.165) is 9.86 Å². The molecule has 3 nitrogen and oxygen atoms in total. The van der Waals surface area contributed by atoms with Crippen LogP contribution in [0.4, 0.5) is 0 Å². The van der Waals surface area contributed by atoms with E-state index in [1.807, 2.05) is 6.07 Å². The predicted molar refractivity (Wildman–Crippen MR) is 56.7 cm³/mol. The molecule has 0 N–H and O–H groups in total. The molecule has 0 amide bonds. The fourth-order valence-electron chi connectivity index (χ4n) is 1.23. The highest BCUT2D eigenvalue weighted by Gasteiger charge is 2.04. The molecule has 0 bridgehead atoms. The van der Waals surface area contributed by atoms with Gasteiger partial charge in [-0.05, 0) is 28.1 Å². The summed E-state index contributed by atoms with van der Waals surface area (Å²) in [6.07, 6.45) is 0. The molecule has 14 heavy (non-hydrogen) atoms. The fourth-order valence-corrected chi connectivity index (χ4v) is 1.75. The largest absolute Gasteiger partial charge is 0.495 e. The Hall–Kier alpha value is -1.29. The molecule has 0 spiro atoms. The van der Waals surface area contributed by atoms with Crippen LogP contribution < -0.4 is 10.4 Å². The van der Waals surface area contributed by atoms with Crippen LogP contribution in [0.1, 0.15) is 0 Å². The van der Waals surface area contributed by atoms with Crippen molar-refractivity contribution in [2.75, 3.05) is 7.11 Å². The maximum atomic E-state index is 10.9. The monoisotopic (exact) mass is 254 g/mol. The van der Waals surface area contributed by atoms with Crippen LogP contribution in [0.25, 0.3) is 11.0 Å². The van der Waals surface area contributed by atoms with Crippen molar-refractivity contribution in [1.29, 1.82) is 0 Å². The van der Waals surface area contributed by atoms with Gasteiger partial charge in [-0.3, -0.25) is 0 Å². The molecular formula is C10H7BrO3. The van der Waals surface area contributed by atoms with E-state index < -0.39 is 0 Å². The minimum atomic E-state index is -0.359. The standard InChI is InChI=1S/C10H7BrO3/c1-13-9-5-8-6(4-7(9)11)2-3-10(12)14-8/h2-5H,1H3. The lowest BCUT2D eigenvalue weighted by atomic mass is 10.2. The Balaban J connectivity index is 2.80. The summed E-state index contributed by atoms with van der Waals surface area (Å²) in [5.74, 6) is 0.645. The van der Waals surface area contributed by atoms with Crippen molar-refractivity contribution in [2.45, 2.75) is 0 Å². The van der Waals surface area contributed by atoms with E-state index in [1.165, 1.54) is 6.07 Å². The molecule has 2 rings (SSSR count). The van der Waals surface area contributed by atoms with Gasteiger partial charge in [-0.15, -0.1) is 0 Å². The van der Waals surface area contributed by atoms with Crippen LogP contribution in [0.15, 0.2) is 37.9 Å². The van der Waals surface area contributed by atoms with E-state index in [1.54, 1.807) is 19.2 Å². The summed E-state index contributed by atoms with van der Waals surface area (Å²) in [4.78, 5) is 10.9. The Bertz CT molecular complexity index is 530. The van der Waals surface area contributed by atoms with E-state index >= 15 is 0 Å². The van der Waals surface area contributed by atoms with Gasteiger partial charge in [0, 0.05) is 17.5 Å². The van der Waals surface area contributed by atoms with Gasteiger partial charge in [0.05, 0.1) is 11.6 Å². The van der Waals surface area contributed by atoms with Gasteiger partial charge < -0.3 is 9.15 Å². The van der Waals surface area contributed by atoms with E-state index in [-0.39, 0.29) is 5.63 Å². The number of ether oxygens (including phenoxy) is 1. The van der Waals surface area contributed by atoms with Crippen molar-refractivity contribution in [2.24, 2.45) is 0 Å². The minimum Gasteiger partial charge on any atom is -0.495 e. The van der Waals surface area contributed by atoms with Gasteiger partial charge in [-0.2, -0.15) is 0 Å². The number of hydrogen-bond donors (Lipinski definition) is 0. The number of halogens is 1.